The second-order valence-corrected chi connectivity index (χ2v) is 4.52. The Kier molecular flexibility index (Phi) is 4.30. The molecule has 1 atom stereocenters. The molecule has 92 valence electrons. The van der Waals surface area contributed by atoms with Gasteiger partial charge in [-0.25, -0.2) is 0 Å². The summed E-state index contributed by atoms with van der Waals surface area (Å²) in [6, 6.07) is 18.6. The van der Waals surface area contributed by atoms with Gasteiger partial charge in [0.05, 0.1) is 0 Å². The Morgan fingerprint density at radius 1 is 0.944 bits per heavy atom. The lowest BCUT2D eigenvalue weighted by Crippen LogP contribution is -1.99. The number of carbonyl (C=O) groups excluding carboxylic acids is 1. The second-order valence-electron chi connectivity index (χ2n) is 4.52. The number of hydrogen-bond acceptors (Lipinski definition) is 1. The van der Waals surface area contributed by atoms with Crippen molar-refractivity contribution in [3.8, 4) is 11.1 Å². The molecular formula is C17H18O. The lowest BCUT2D eigenvalue weighted by atomic mass is 9.94. The Labute approximate surface area is 108 Å². The zero-order chi connectivity index (χ0) is 12.8. The van der Waals surface area contributed by atoms with E-state index in [1.54, 1.807) is 0 Å². The lowest BCUT2D eigenvalue weighted by Gasteiger charge is -2.10. The molecule has 0 fully saturated rings. The molecule has 0 radical (unpaired) electrons. The van der Waals surface area contributed by atoms with Gasteiger partial charge in [0.1, 0.15) is 6.29 Å². The first-order chi connectivity index (χ1) is 8.85. The maximum atomic E-state index is 11.1. The predicted molar refractivity (Wildman–Crippen MR) is 75.6 cm³/mol. The smallest absolute Gasteiger partial charge is 0.127 e. The van der Waals surface area contributed by atoms with Crippen LogP contribution in [0, 0.1) is 0 Å². The van der Waals surface area contributed by atoms with Gasteiger partial charge in [0.25, 0.3) is 0 Å². The molecular weight excluding hydrogens is 220 g/mol. The molecule has 1 unspecified atom stereocenters. The minimum Gasteiger partial charge on any atom is -0.303 e. The average molecular weight is 238 g/mol. The molecule has 2 aromatic rings. The lowest BCUT2D eigenvalue weighted by molar-refractivity contribution is -0.109. The van der Waals surface area contributed by atoms with Crippen molar-refractivity contribution in [3.63, 3.8) is 0 Å². The molecule has 0 bridgehead atoms. The zero-order valence-corrected chi connectivity index (χ0v) is 10.7. The third kappa shape index (κ3) is 2.86. The van der Waals surface area contributed by atoms with Crippen LogP contribution in [0.25, 0.3) is 11.1 Å². The van der Waals surface area contributed by atoms with E-state index in [-0.39, 0.29) is 5.92 Å². The van der Waals surface area contributed by atoms with Crippen molar-refractivity contribution >= 4 is 6.29 Å². The van der Waals surface area contributed by atoms with Gasteiger partial charge in [0.15, 0.2) is 0 Å². The van der Waals surface area contributed by atoms with Crippen molar-refractivity contribution < 1.29 is 4.79 Å². The van der Waals surface area contributed by atoms with Gasteiger partial charge in [-0.05, 0) is 23.1 Å². The summed E-state index contributed by atoms with van der Waals surface area (Å²) in [6.45, 7) is 2.11. The zero-order valence-electron chi connectivity index (χ0n) is 10.7. The fourth-order valence-electron chi connectivity index (χ4n) is 2.18. The van der Waals surface area contributed by atoms with E-state index in [0.29, 0.717) is 0 Å². The molecule has 0 heterocycles. The van der Waals surface area contributed by atoms with Crippen LogP contribution in [-0.4, -0.2) is 6.29 Å². The van der Waals surface area contributed by atoms with Gasteiger partial charge in [0.2, 0.25) is 0 Å². The van der Waals surface area contributed by atoms with Gasteiger partial charge >= 0.3 is 0 Å². The third-order valence-electron chi connectivity index (χ3n) is 3.21. The fraction of sp³-hybridized carbons (Fsp3) is 0.235. The molecule has 0 N–H and O–H groups in total. The molecule has 1 heteroatoms. The summed E-state index contributed by atoms with van der Waals surface area (Å²) >= 11 is 0. The van der Waals surface area contributed by atoms with E-state index in [1.165, 1.54) is 11.1 Å². The normalized spacial score (nSPS) is 12.1. The standard InChI is InChI=1S/C17H18O/c1-2-6-17(13-18)16-11-9-15(10-12-16)14-7-4-3-5-8-14/h3-5,7-13,17H,2,6H2,1H3. The van der Waals surface area contributed by atoms with E-state index in [4.69, 9.17) is 0 Å². The Bertz CT molecular complexity index is 485. The topological polar surface area (TPSA) is 17.1 Å². The molecule has 0 aliphatic heterocycles. The average Bonchev–Trinajstić information content (AvgIpc) is 2.46. The molecule has 0 amide bonds. The van der Waals surface area contributed by atoms with Crippen molar-refractivity contribution in [2.45, 2.75) is 25.7 Å². The van der Waals surface area contributed by atoms with E-state index >= 15 is 0 Å². The second kappa shape index (κ2) is 6.15. The van der Waals surface area contributed by atoms with Crippen molar-refractivity contribution in [2.24, 2.45) is 0 Å². The van der Waals surface area contributed by atoms with Gasteiger partial charge in [-0.15, -0.1) is 0 Å². The van der Waals surface area contributed by atoms with Crippen LogP contribution in [-0.2, 0) is 4.79 Å². The summed E-state index contributed by atoms with van der Waals surface area (Å²) < 4.78 is 0. The molecule has 1 nitrogen and oxygen atoms in total. The highest BCUT2D eigenvalue weighted by Crippen LogP contribution is 2.24. The molecule has 18 heavy (non-hydrogen) atoms. The molecule has 2 rings (SSSR count). The highest BCUT2D eigenvalue weighted by atomic mass is 16.1. The Morgan fingerprint density at radius 2 is 1.56 bits per heavy atom. The van der Waals surface area contributed by atoms with E-state index in [1.807, 2.05) is 18.2 Å². The summed E-state index contributed by atoms with van der Waals surface area (Å²) in [7, 11) is 0. The minimum absolute atomic E-state index is 0.0415. The first-order valence-corrected chi connectivity index (χ1v) is 6.46. The molecule has 0 saturated carbocycles. The van der Waals surface area contributed by atoms with Crippen LogP contribution in [0.5, 0.6) is 0 Å². The Balaban J connectivity index is 2.22. The van der Waals surface area contributed by atoms with E-state index in [9.17, 15) is 4.79 Å². The largest absolute Gasteiger partial charge is 0.303 e. The van der Waals surface area contributed by atoms with Crippen molar-refractivity contribution in [3.05, 3.63) is 60.2 Å². The maximum Gasteiger partial charge on any atom is 0.127 e. The van der Waals surface area contributed by atoms with Crippen LogP contribution in [0.4, 0.5) is 0 Å². The van der Waals surface area contributed by atoms with Crippen LogP contribution >= 0.6 is 0 Å². The van der Waals surface area contributed by atoms with Crippen molar-refractivity contribution in [1.82, 2.24) is 0 Å². The third-order valence-corrected chi connectivity index (χ3v) is 3.21. The number of carbonyl (C=O) groups is 1. The van der Waals surface area contributed by atoms with Gasteiger partial charge in [0, 0.05) is 5.92 Å². The van der Waals surface area contributed by atoms with Gasteiger partial charge in [-0.3, -0.25) is 0 Å². The van der Waals surface area contributed by atoms with Gasteiger partial charge in [-0.1, -0.05) is 67.9 Å². The molecule has 2 aromatic carbocycles. The monoisotopic (exact) mass is 238 g/mol. The SMILES string of the molecule is CCCC(C=O)c1ccc(-c2ccccc2)cc1. The minimum atomic E-state index is 0.0415. The highest BCUT2D eigenvalue weighted by Gasteiger charge is 2.08. The number of benzene rings is 2. The van der Waals surface area contributed by atoms with E-state index in [0.717, 1.165) is 24.7 Å². The molecule has 0 saturated heterocycles. The van der Waals surface area contributed by atoms with Crippen LogP contribution < -0.4 is 0 Å². The summed E-state index contributed by atoms with van der Waals surface area (Å²) in [5.41, 5.74) is 3.52. The van der Waals surface area contributed by atoms with Crippen LogP contribution in [0.15, 0.2) is 54.6 Å². The first-order valence-electron chi connectivity index (χ1n) is 6.46. The number of hydrogen-bond donors (Lipinski definition) is 0. The molecule has 0 aromatic heterocycles. The quantitative estimate of drug-likeness (QED) is 0.704. The van der Waals surface area contributed by atoms with Crippen LogP contribution in [0.1, 0.15) is 31.2 Å². The van der Waals surface area contributed by atoms with Gasteiger partial charge < -0.3 is 4.79 Å². The van der Waals surface area contributed by atoms with E-state index < -0.39 is 0 Å². The number of rotatable bonds is 5. The molecule has 0 aliphatic rings. The van der Waals surface area contributed by atoms with Crippen LogP contribution in [0.2, 0.25) is 0 Å². The summed E-state index contributed by atoms with van der Waals surface area (Å²) in [4.78, 5) is 11.1. The highest BCUT2D eigenvalue weighted by molar-refractivity contribution is 5.66. The molecule has 0 spiro atoms. The summed E-state index contributed by atoms with van der Waals surface area (Å²) in [5.74, 6) is 0.0415. The van der Waals surface area contributed by atoms with Gasteiger partial charge in [-0.2, -0.15) is 0 Å². The Morgan fingerprint density at radius 3 is 2.11 bits per heavy atom. The Hall–Kier alpha value is -1.89. The summed E-state index contributed by atoms with van der Waals surface area (Å²) in [6.07, 6.45) is 3.01. The maximum absolute atomic E-state index is 11.1. The van der Waals surface area contributed by atoms with Crippen LogP contribution in [0.3, 0.4) is 0 Å². The fourth-order valence-corrected chi connectivity index (χ4v) is 2.18. The van der Waals surface area contributed by atoms with Crippen molar-refractivity contribution in [2.75, 3.05) is 0 Å². The first kappa shape index (κ1) is 12.6. The van der Waals surface area contributed by atoms with Crippen molar-refractivity contribution in [1.29, 1.82) is 0 Å². The number of aldehydes is 1. The predicted octanol–water partition coefficient (Wildman–Crippen LogP) is 4.44. The van der Waals surface area contributed by atoms with E-state index in [2.05, 4.69) is 43.3 Å². The summed E-state index contributed by atoms with van der Waals surface area (Å²) in [5, 5.41) is 0. The molecule has 0 aliphatic carbocycles.